The van der Waals surface area contributed by atoms with Crippen LogP contribution in [0.4, 0.5) is 27.1 Å². The Balaban J connectivity index is 2.35. The second kappa shape index (κ2) is 4.70. The van der Waals surface area contributed by atoms with E-state index in [1.165, 1.54) is 0 Å². The van der Waals surface area contributed by atoms with E-state index in [1.807, 2.05) is 0 Å². The summed E-state index contributed by atoms with van der Waals surface area (Å²) in [7, 11) is 0. The minimum atomic E-state index is -0.570. The van der Waals surface area contributed by atoms with E-state index in [4.69, 9.17) is 5.73 Å². The SMILES string of the molecule is Nc1ccc(Nc2cc(F)ccc2[N+](=O)[O-])cc1. The Labute approximate surface area is 102 Å². The summed E-state index contributed by atoms with van der Waals surface area (Å²) in [6.07, 6.45) is 0. The number of halogens is 1. The van der Waals surface area contributed by atoms with E-state index in [0.29, 0.717) is 11.4 Å². The first-order chi connectivity index (χ1) is 8.56. The van der Waals surface area contributed by atoms with Crippen LogP contribution in [0.25, 0.3) is 0 Å². The van der Waals surface area contributed by atoms with Crippen LogP contribution >= 0.6 is 0 Å². The third-order valence-electron chi connectivity index (χ3n) is 2.34. The van der Waals surface area contributed by atoms with Crippen LogP contribution in [-0.2, 0) is 0 Å². The summed E-state index contributed by atoms with van der Waals surface area (Å²) < 4.78 is 13.1. The van der Waals surface area contributed by atoms with E-state index >= 15 is 0 Å². The summed E-state index contributed by atoms with van der Waals surface area (Å²) in [5.41, 5.74) is 6.61. The predicted molar refractivity (Wildman–Crippen MR) is 67.2 cm³/mol. The van der Waals surface area contributed by atoms with Crippen molar-refractivity contribution in [3.63, 3.8) is 0 Å². The molecule has 0 saturated carbocycles. The molecule has 0 bridgehead atoms. The fraction of sp³-hybridized carbons (Fsp3) is 0. The second-order valence-electron chi connectivity index (χ2n) is 3.67. The molecule has 0 aliphatic carbocycles. The summed E-state index contributed by atoms with van der Waals surface area (Å²) >= 11 is 0. The molecule has 0 fully saturated rings. The Morgan fingerprint density at radius 3 is 2.44 bits per heavy atom. The quantitative estimate of drug-likeness (QED) is 0.496. The lowest BCUT2D eigenvalue weighted by molar-refractivity contribution is -0.384. The number of anilines is 3. The molecule has 0 saturated heterocycles. The van der Waals surface area contributed by atoms with Crippen molar-refractivity contribution >= 4 is 22.7 Å². The Hall–Kier alpha value is -2.63. The van der Waals surface area contributed by atoms with E-state index in [2.05, 4.69) is 5.32 Å². The Morgan fingerprint density at radius 1 is 1.17 bits per heavy atom. The van der Waals surface area contributed by atoms with E-state index in [1.54, 1.807) is 24.3 Å². The van der Waals surface area contributed by atoms with Gasteiger partial charge < -0.3 is 11.1 Å². The molecule has 0 amide bonds. The molecule has 2 aromatic rings. The van der Waals surface area contributed by atoms with Crippen LogP contribution in [0.3, 0.4) is 0 Å². The van der Waals surface area contributed by atoms with E-state index in [9.17, 15) is 14.5 Å². The van der Waals surface area contributed by atoms with Crippen molar-refractivity contribution in [1.82, 2.24) is 0 Å². The molecular formula is C12H10FN3O2. The van der Waals surface area contributed by atoms with Crippen LogP contribution in [0.1, 0.15) is 0 Å². The number of nitrogen functional groups attached to an aromatic ring is 1. The smallest absolute Gasteiger partial charge is 0.292 e. The highest BCUT2D eigenvalue weighted by Gasteiger charge is 2.14. The van der Waals surface area contributed by atoms with Gasteiger partial charge in [0.15, 0.2) is 0 Å². The number of nitro benzene ring substituents is 1. The lowest BCUT2D eigenvalue weighted by Crippen LogP contribution is -1.98. The largest absolute Gasteiger partial charge is 0.399 e. The molecule has 2 aromatic carbocycles. The van der Waals surface area contributed by atoms with Crippen molar-refractivity contribution in [3.8, 4) is 0 Å². The number of nitrogens with one attached hydrogen (secondary N) is 1. The number of hydrogen-bond acceptors (Lipinski definition) is 4. The third kappa shape index (κ3) is 2.54. The number of nitrogens with zero attached hydrogens (tertiary/aromatic N) is 1. The molecule has 0 heterocycles. The first kappa shape index (κ1) is 11.8. The summed E-state index contributed by atoms with van der Waals surface area (Å²) in [6.45, 7) is 0. The zero-order chi connectivity index (χ0) is 13.1. The molecule has 6 heteroatoms. The number of hydrogen-bond donors (Lipinski definition) is 2. The van der Waals surface area contributed by atoms with Crippen molar-refractivity contribution in [2.45, 2.75) is 0 Å². The van der Waals surface area contributed by atoms with Crippen molar-refractivity contribution < 1.29 is 9.31 Å². The molecule has 2 rings (SSSR count). The summed E-state index contributed by atoms with van der Waals surface area (Å²) in [4.78, 5) is 10.2. The fourth-order valence-electron chi connectivity index (χ4n) is 1.49. The van der Waals surface area contributed by atoms with Gasteiger partial charge in [-0.2, -0.15) is 0 Å². The lowest BCUT2D eigenvalue weighted by Gasteiger charge is -2.07. The maximum absolute atomic E-state index is 13.1. The van der Waals surface area contributed by atoms with Gasteiger partial charge in [0.1, 0.15) is 11.5 Å². The molecule has 5 nitrogen and oxygen atoms in total. The average Bonchev–Trinajstić information content (AvgIpc) is 2.32. The van der Waals surface area contributed by atoms with Gasteiger partial charge in [-0.05, 0) is 30.3 Å². The van der Waals surface area contributed by atoms with Gasteiger partial charge in [-0.15, -0.1) is 0 Å². The second-order valence-corrected chi connectivity index (χ2v) is 3.67. The minimum absolute atomic E-state index is 0.102. The lowest BCUT2D eigenvalue weighted by atomic mass is 10.2. The van der Waals surface area contributed by atoms with Gasteiger partial charge in [0.25, 0.3) is 5.69 Å². The molecule has 0 radical (unpaired) electrons. The monoisotopic (exact) mass is 247 g/mol. The maximum atomic E-state index is 13.1. The molecule has 0 aromatic heterocycles. The van der Waals surface area contributed by atoms with Crippen LogP contribution in [0.2, 0.25) is 0 Å². The van der Waals surface area contributed by atoms with Gasteiger partial charge in [0, 0.05) is 23.5 Å². The van der Waals surface area contributed by atoms with Crippen LogP contribution in [0.5, 0.6) is 0 Å². The number of nitrogens with two attached hydrogens (primary N) is 1. The minimum Gasteiger partial charge on any atom is -0.399 e. The topological polar surface area (TPSA) is 81.2 Å². The highest BCUT2D eigenvalue weighted by atomic mass is 19.1. The highest BCUT2D eigenvalue weighted by Crippen LogP contribution is 2.28. The van der Waals surface area contributed by atoms with Crippen molar-refractivity contribution in [1.29, 1.82) is 0 Å². The Morgan fingerprint density at radius 2 is 1.83 bits per heavy atom. The molecule has 0 aliphatic rings. The first-order valence-electron chi connectivity index (χ1n) is 5.13. The van der Waals surface area contributed by atoms with Gasteiger partial charge in [-0.25, -0.2) is 4.39 Å². The molecule has 3 N–H and O–H groups in total. The molecule has 0 atom stereocenters. The molecule has 0 spiro atoms. The summed E-state index contributed by atoms with van der Waals surface area (Å²) in [6, 6.07) is 9.85. The predicted octanol–water partition coefficient (Wildman–Crippen LogP) is 3.06. The standard InChI is InChI=1S/C12H10FN3O2/c13-8-1-6-12(16(17)18)11(7-8)15-10-4-2-9(14)3-5-10/h1-7,15H,14H2. The van der Waals surface area contributed by atoms with Crippen LogP contribution in [0, 0.1) is 15.9 Å². The zero-order valence-corrected chi connectivity index (χ0v) is 9.26. The number of benzene rings is 2. The molecule has 0 aliphatic heterocycles. The van der Waals surface area contributed by atoms with Gasteiger partial charge in [-0.1, -0.05) is 0 Å². The van der Waals surface area contributed by atoms with Crippen molar-refractivity contribution in [3.05, 3.63) is 58.4 Å². The van der Waals surface area contributed by atoms with Gasteiger partial charge in [-0.3, -0.25) is 10.1 Å². The zero-order valence-electron chi connectivity index (χ0n) is 9.26. The first-order valence-corrected chi connectivity index (χ1v) is 5.13. The third-order valence-corrected chi connectivity index (χ3v) is 2.34. The van der Waals surface area contributed by atoms with Crippen LogP contribution in [0.15, 0.2) is 42.5 Å². The van der Waals surface area contributed by atoms with Crippen LogP contribution in [-0.4, -0.2) is 4.92 Å². The van der Waals surface area contributed by atoms with Crippen LogP contribution < -0.4 is 11.1 Å². The van der Waals surface area contributed by atoms with E-state index in [0.717, 1.165) is 18.2 Å². The number of rotatable bonds is 3. The van der Waals surface area contributed by atoms with Crippen molar-refractivity contribution in [2.75, 3.05) is 11.1 Å². The Kier molecular flexibility index (Phi) is 3.09. The summed E-state index contributed by atoms with van der Waals surface area (Å²) in [5, 5.41) is 13.6. The molecule has 18 heavy (non-hydrogen) atoms. The Bertz CT molecular complexity index is 584. The van der Waals surface area contributed by atoms with E-state index < -0.39 is 10.7 Å². The number of nitro groups is 1. The highest BCUT2D eigenvalue weighted by molar-refractivity contribution is 5.70. The van der Waals surface area contributed by atoms with Crippen molar-refractivity contribution in [2.24, 2.45) is 0 Å². The maximum Gasteiger partial charge on any atom is 0.292 e. The van der Waals surface area contributed by atoms with Gasteiger partial charge in [0.2, 0.25) is 0 Å². The average molecular weight is 247 g/mol. The molecular weight excluding hydrogens is 237 g/mol. The normalized spacial score (nSPS) is 10.1. The van der Waals surface area contributed by atoms with Gasteiger partial charge in [0.05, 0.1) is 4.92 Å². The summed E-state index contributed by atoms with van der Waals surface area (Å²) in [5.74, 6) is -0.543. The fourth-order valence-corrected chi connectivity index (χ4v) is 1.49. The van der Waals surface area contributed by atoms with E-state index in [-0.39, 0.29) is 11.4 Å². The van der Waals surface area contributed by atoms with Gasteiger partial charge >= 0.3 is 0 Å². The molecule has 92 valence electrons. The molecule has 0 unspecified atom stereocenters.